The van der Waals surface area contributed by atoms with Crippen LogP contribution >= 0.6 is 11.3 Å². The second-order valence-corrected chi connectivity index (χ2v) is 5.83. The van der Waals surface area contributed by atoms with Crippen molar-refractivity contribution in [2.24, 2.45) is 0 Å². The van der Waals surface area contributed by atoms with E-state index in [1.54, 1.807) is 6.07 Å². The van der Waals surface area contributed by atoms with Gasteiger partial charge in [0.2, 0.25) is 5.91 Å². The quantitative estimate of drug-likeness (QED) is 0.841. The molecular weight excluding hydrogens is 260 g/mol. The van der Waals surface area contributed by atoms with Gasteiger partial charge in [-0.25, -0.2) is 4.98 Å². The van der Waals surface area contributed by atoms with Crippen molar-refractivity contribution in [2.45, 2.75) is 19.9 Å². The zero-order valence-corrected chi connectivity index (χ0v) is 12.1. The number of nitrogens with two attached hydrogens (primary N) is 1. The van der Waals surface area contributed by atoms with Gasteiger partial charge in [-0.3, -0.25) is 9.69 Å². The highest BCUT2D eigenvalue weighted by atomic mass is 32.1. The molecule has 0 saturated carbocycles. The molecular formula is C13H18N4OS. The van der Waals surface area contributed by atoms with Gasteiger partial charge in [0.05, 0.1) is 16.8 Å². The van der Waals surface area contributed by atoms with Gasteiger partial charge in [0.1, 0.15) is 0 Å². The number of carbonyl (C=O) groups excluding carboxylic acids is 1. The maximum atomic E-state index is 11.9. The van der Waals surface area contributed by atoms with Gasteiger partial charge in [0, 0.05) is 11.7 Å². The molecule has 0 radical (unpaired) electrons. The van der Waals surface area contributed by atoms with Crippen LogP contribution in [0.5, 0.6) is 0 Å². The monoisotopic (exact) mass is 278 g/mol. The topological polar surface area (TPSA) is 71.2 Å². The SMILES string of the molecule is CC(C)N(C)CC(=O)Nc1nc2ccc(N)cc2s1. The maximum Gasteiger partial charge on any atom is 0.240 e. The largest absolute Gasteiger partial charge is 0.399 e. The number of amides is 1. The summed E-state index contributed by atoms with van der Waals surface area (Å²) < 4.78 is 0.979. The Bertz CT molecular complexity index is 593. The summed E-state index contributed by atoms with van der Waals surface area (Å²) in [5.74, 6) is -0.0526. The molecule has 2 aromatic rings. The first-order valence-electron chi connectivity index (χ1n) is 6.12. The fourth-order valence-corrected chi connectivity index (χ4v) is 2.49. The summed E-state index contributed by atoms with van der Waals surface area (Å²) in [6, 6.07) is 5.86. The van der Waals surface area contributed by atoms with Gasteiger partial charge in [-0.05, 0) is 39.1 Å². The van der Waals surface area contributed by atoms with Crippen LogP contribution in [0.25, 0.3) is 10.2 Å². The Kier molecular flexibility index (Phi) is 4.01. The van der Waals surface area contributed by atoms with Crippen LogP contribution in [0.1, 0.15) is 13.8 Å². The van der Waals surface area contributed by atoms with Crippen LogP contribution in [0.15, 0.2) is 18.2 Å². The number of aromatic nitrogens is 1. The summed E-state index contributed by atoms with van der Waals surface area (Å²) in [5.41, 5.74) is 7.27. The summed E-state index contributed by atoms with van der Waals surface area (Å²) in [7, 11) is 1.92. The van der Waals surface area contributed by atoms with Gasteiger partial charge < -0.3 is 11.1 Å². The fourth-order valence-electron chi connectivity index (χ4n) is 1.56. The van der Waals surface area contributed by atoms with E-state index in [0.717, 1.165) is 10.2 Å². The number of rotatable bonds is 4. The molecule has 1 aromatic heterocycles. The molecule has 19 heavy (non-hydrogen) atoms. The van der Waals surface area contributed by atoms with Crippen LogP contribution in [0.2, 0.25) is 0 Å². The first kappa shape index (κ1) is 13.8. The molecule has 1 aromatic carbocycles. The van der Waals surface area contributed by atoms with E-state index in [4.69, 9.17) is 5.73 Å². The van der Waals surface area contributed by atoms with Gasteiger partial charge in [-0.15, -0.1) is 0 Å². The molecule has 0 spiro atoms. The summed E-state index contributed by atoms with van der Waals surface area (Å²) >= 11 is 1.43. The molecule has 102 valence electrons. The molecule has 0 unspecified atom stereocenters. The second-order valence-electron chi connectivity index (χ2n) is 4.80. The van der Waals surface area contributed by atoms with Gasteiger partial charge in [0.15, 0.2) is 5.13 Å². The minimum absolute atomic E-state index is 0.0526. The molecule has 0 bridgehead atoms. The van der Waals surface area contributed by atoms with Gasteiger partial charge >= 0.3 is 0 Å². The lowest BCUT2D eigenvalue weighted by atomic mass is 10.3. The van der Waals surface area contributed by atoms with Crippen molar-refractivity contribution in [3.8, 4) is 0 Å². The number of benzene rings is 1. The van der Waals surface area contributed by atoms with Crippen LogP contribution in [-0.4, -0.2) is 35.4 Å². The lowest BCUT2D eigenvalue weighted by Gasteiger charge is -2.19. The number of carbonyl (C=O) groups is 1. The summed E-state index contributed by atoms with van der Waals surface area (Å²) in [4.78, 5) is 18.2. The number of anilines is 2. The van der Waals surface area contributed by atoms with Crippen LogP contribution in [0.3, 0.4) is 0 Å². The number of likely N-dealkylation sites (N-methyl/N-ethyl adjacent to an activating group) is 1. The van der Waals surface area contributed by atoms with Crippen molar-refractivity contribution in [3.63, 3.8) is 0 Å². The fraction of sp³-hybridized carbons (Fsp3) is 0.385. The third-order valence-corrected chi connectivity index (χ3v) is 3.87. The van der Waals surface area contributed by atoms with E-state index in [2.05, 4.69) is 10.3 Å². The number of nitrogens with one attached hydrogen (secondary N) is 1. The zero-order valence-electron chi connectivity index (χ0n) is 11.3. The van der Waals surface area contributed by atoms with Crippen LogP contribution in [-0.2, 0) is 4.79 Å². The molecule has 0 saturated heterocycles. The Hall–Kier alpha value is -1.66. The molecule has 1 amide bonds. The van der Waals surface area contributed by atoms with Crippen molar-refractivity contribution in [2.75, 3.05) is 24.6 Å². The Balaban J connectivity index is 2.07. The molecule has 0 aliphatic carbocycles. The van der Waals surface area contributed by atoms with Gasteiger partial charge in [0.25, 0.3) is 0 Å². The highest BCUT2D eigenvalue weighted by Crippen LogP contribution is 2.27. The van der Waals surface area contributed by atoms with E-state index in [0.29, 0.717) is 23.4 Å². The Morgan fingerprint density at radius 2 is 2.26 bits per heavy atom. The molecule has 2 rings (SSSR count). The number of nitrogens with zero attached hydrogens (tertiary/aromatic N) is 2. The summed E-state index contributed by atoms with van der Waals surface area (Å²) in [6.07, 6.45) is 0. The number of hydrogen-bond acceptors (Lipinski definition) is 5. The van der Waals surface area contributed by atoms with E-state index >= 15 is 0 Å². The molecule has 0 aliphatic rings. The summed E-state index contributed by atoms with van der Waals surface area (Å²) in [6.45, 7) is 4.46. The third-order valence-electron chi connectivity index (χ3n) is 2.93. The Morgan fingerprint density at radius 3 is 2.95 bits per heavy atom. The minimum atomic E-state index is -0.0526. The molecule has 1 heterocycles. The predicted octanol–water partition coefficient (Wildman–Crippen LogP) is 2.16. The molecule has 3 N–H and O–H groups in total. The standard InChI is InChI=1S/C13H18N4OS/c1-8(2)17(3)7-12(18)16-13-15-10-5-4-9(14)6-11(10)19-13/h4-6,8H,7,14H2,1-3H3,(H,15,16,18). The molecule has 0 fully saturated rings. The van der Waals surface area contributed by atoms with E-state index in [1.165, 1.54) is 11.3 Å². The third kappa shape index (κ3) is 3.42. The van der Waals surface area contributed by atoms with E-state index < -0.39 is 0 Å². The highest BCUT2D eigenvalue weighted by molar-refractivity contribution is 7.22. The number of thiazole rings is 1. The average Bonchev–Trinajstić information content (AvgIpc) is 2.69. The average molecular weight is 278 g/mol. The van der Waals surface area contributed by atoms with Crippen molar-refractivity contribution in [1.29, 1.82) is 0 Å². The van der Waals surface area contributed by atoms with Crippen LogP contribution < -0.4 is 11.1 Å². The second kappa shape index (κ2) is 5.54. The Labute approximate surface area is 116 Å². The number of nitrogen functional groups attached to an aromatic ring is 1. The van der Waals surface area contributed by atoms with Crippen molar-refractivity contribution in [1.82, 2.24) is 9.88 Å². The van der Waals surface area contributed by atoms with Crippen molar-refractivity contribution >= 4 is 38.3 Å². The van der Waals surface area contributed by atoms with E-state index in [1.807, 2.05) is 37.9 Å². The van der Waals surface area contributed by atoms with Crippen molar-refractivity contribution < 1.29 is 4.79 Å². The first-order chi connectivity index (χ1) is 8.95. The smallest absolute Gasteiger partial charge is 0.240 e. The lowest BCUT2D eigenvalue weighted by molar-refractivity contribution is -0.117. The molecule has 0 atom stereocenters. The van der Waals surface area contributed by atoms with Gasteiger partial charge in [-0.1, -0.05) is 11.3 Å². The molecule has 5 nitrogen and oxygen atoms in total. The number of hydrogen-bond donors (Lipinski definition) is 2. The maximum absolute atomic E-state index is 11.9. The number of fused-ring (bicyclic) bond motifs is 1. The zero-order chi connectivity index (χ0) is 14.0. The van der Waals surface area contributed by atoms with E-state index in [-0.39, 0.29) is 5.91 Å². The normalized spacial score (nSPS) is 11.4. The van der Waals surface area contributed by atoms with E-state index in [9.17, 15) is 4.79 Å². The lowest BCUT2D eigenvalue weighted by Crippen LogP contribution is -2.34. The predicted molar refractivity (Wildman–Crippen MR) is 80.4 cm³/mol. The van der Waals surface area contributed by atoms with Crippen molar-refractivity contribution in [3.05, 3.63) is 18.2 Å². The van der Waals surface area contributed by atoms with Gasteiger partial charge in [-0.2, -0.15) is 0 Å². The minimum Gasteiger partial charge on any atom is -0.399 e. The summed E-state index contributed by atoms with van der Waals surface area (Å²) in [5, 5.41) is 3.44. The molecule has 6 heteroatoms. The molecule has 0 aliphatic heterocycles. The van der Waals surface area contributed by atoms with Crippen LogP contribution in [0, 0.1) is 0 Å². The first-order valence-corrected chi connectivity index (χ1v) is 6.93. The Morgan fingerprint density at radius 1 is 1.53 bits per heavy atom. The van der Waals surface area contributed by atoms with Crippen LogP contribution in [0.4, 0.5) is 10.8 Å². The highest BCUT2D eigenvalue weighted by Gasteiger charge is 2.11.